The Morgan fingerprint density at radius 3 is 2.76 bits per heavy atom. The number of anilines is 1. The van der Waals surface area contributed by atoms with Crippen LogP contribution >= 0.6 is 23.4 Å². The van der Waals surface area contributed by atoms with Crippen LogP contribution in [-0.2, 0) is 0 Å². The minimum Gasteiger partial charge on any atom is -0.352 e. The van der Waals surface area contributed by atoms with E-state index in [2.05, 4.69) is 21.8 Å². The maximum atomic E-state index is 6.20. The van der Waals surface area contributed by atoms with Crippen molar-refractivity contribution in [3.8, 4) is 0 Å². The van der Waals surface area contributed by atoms with E-state index < -0.39 is 0 Å². The van der Waals surface area contributed by atoms with E-state index in [-0.39, 0.29) is 0 Å². The Bertz CT molecular complexity index is 411. The quantitative estimate of drug-likeness (QED) is 0.827. The largest absolute Gasteiger partial charge is 0.352 e. The molecule has 1 aliphatic heterocycles. The summed E-state index contributed by atoms with van der Waals surface area (Å²) in [4.78, 5) is 11.2. The molecule has 1 fully saturated rings. The van der Waals surface area contributed by atoms with Crippen molar-refractivity contribution < 1.29 is 0 Å². The van der Waals surface area contributed by atoms with E-state index in [0.717, 1.165) is 36.0 Å². The SMILES string of the molecule is CCC1CN(c2nc(C)c(C)nc2Cl)CCS1. The zero-order valence-electron chi connectivity index (χ0n) is 10.5. The van der Waals surface area contributed by atoms with Gasteiger partial charge >= 0.3 is 0 Å². The molecule has 0 bridgehead atoms. The topological polar surface area (TPSA) is 29.0 Å². The first-order valence-corrected chi connectivity index (χ1v) is 7.41. The Labute approximate surface area is 112 Å². The van der Waals surface area contributed by atoms with Gasteiger partial charge in [-0.1, -0.05) is 18.5 Å². The minimum absolute atomic E-state index is 0.537. The van der Waals surface area contributed by atoms with Crippen LogP contribution in [0, 0.1) is 13.8 Å². The van der Waals surface area contributed by atoms with Crippen molar-refractivity contribution in [2.45, 2.75) is 32.4 Å². The van der Waals surface area contributed by atoms with Crippen molar-refractivity contribution in [3.05, 3.63) is 16.5 Å². The Morgan fingerprint density at radius 2 is 2.06 bits per heavy atom. The van der Waals surface area contributed by atoms with Gasteiger partial charge in [-0.3, -0.25) is 0 Å². The predicted molar refractivity (Wildman–Crippen MR) is 75.3 cm³/mol. The molecule has 1 aliphatic rings. The third-order valence-electron chi connectivity index (χ3n) is 3.14. The van der Waals surface area contributed by atoms with Gasteiger partial charge in [-0.2, -0.15) is 11.8 Å². The fourth-order valence-corrected chi connectivity index (χ4v) is 3.39. The lowest BCUT2D eigenvalue weighted by molar-refractivity contribution is 0.716. The van der Waals surface area contributed by atoms with Crippen molar-refractivity contribution in [1.82, 2.24) is 9.97 Å². The van der Waals surface area contributed by atoms with Crippen LogP contribution in [0.15, 0.2) is 0 Å². The second kappa shape index (κ2) is 5.44. The molecule has 2 heterocycles. The van der Waals surface area contributed by atoms with E-state index in [0.29, 0.717) is 10.4 Å². The van der Waals surface area contributed by atoms with Gasteiger partial charge in [-0.05, 0) is 20.3 Å². The first-order chi connectivity index (χ1) is 8.11. The van der Waals surface area contributed by atoms with Crippen molar-refractivity contribution >= 4 is 29.2 Å². The maximum Gasteiger partial charge on any atom is 0.171 e. The molecule has 0 radical (unpaired) electrons. The lowest BCUT2D eigenvalue weighted by Crippen LogP contribution is -2.38. The number of thioether (sulfide) groups is 1. The molecule has 1 aromatic heterocycles. The van der Waals surface area contributed by atoms with Crippen molar-refractivity contribution in [3.63, 3.8) is 0 Å². The smallest absolute Gasteiger partial charge is 0.171 e. The number of hydrogen-bond acceptors (Lipinski definition) is 4. The van der Waals surface area contributed by atoms with Crippen molar-refractivity contribution in [2.24, 2.45) is 0 Å². The van der Waals surface area contributed by atoms with Gasteiger partial charge in [0.25, 0.3) is 0 Å². The lowest BCUT2D eigenvalue weighted by Gasteiger charge is -2.33. The van der Waals surface area contributed by atoms with E-state index in [1.165, 1.54) is 6.42 Å². The average molecular weight is 272 g/mol. The molecule has 1 atom stereocenters. The standard InChI is InChI=1S/C12H18ClN3S/c1-4-10-7-16(5-6-17-10)12-11(13)14-8(2)9(3)15-12/h10H,4-7H2,1-3H3. The lowest BCUT2D eigenvalue weighted by atomic mass is 10.3. The molecular formula is C12H18ClN3S. The second-order valence-electron chi connectivity index (χ2n) is 4.36. The summed E-state index contributed by atoms with van der Waals surface area (Å²) in [5.41, 5.74) is 1.88. The third-order valence-corrected chi connectivity index (χ3v) is 4.77. The summed E-state index contributed by atoms with van der Waals surface area (Å²) in [5, 5.41) is 1.22. The highest BCUT2D eigenvalue weighted by Gasteiger charge is 2.22. The molecule has 94 valence electrons. The molecule has 0 spiro atoms. The number of rotatable bonds is 2. The van der Waals surface area contributed by atoms with E-state index in [1.807, 2.05) is 25.6 Å². The van der Waals surface area contributed by atoms with E-state index in [9.17, 15) is 0 Å². The van der Waals surface area contributed by atoms with Crippen LogP contribution in [0.4, 0.5) is 5.82 Å². The molecule has 17 heavy (non-hydrogen) atoms. The molecule has 1 aromatic rings. The minimum atomic E-state index is 0.537. The number of aromatic nitrogens is 2. The third kappa shape index (κ3) is 2.86. The molecule has 3 nitrogen and oxygen atoms in total. The molecule has 0 aromatic carbocycles. The monoisotopic (exact) mass is 271 g/mol. The Kier molecular flexibility index (Phi) is 4.15. The molecule has 5 heteroatoms. The highest BCUT2D eigenvalue weighted by molar-refractivity contribution is 8.00. The summed E-state index contributed by atoms with van der Waals surface area (Å²) in [6.07, 6.45) is 1.19. The molecule has 2 rings (SSSR count). The predicted octanol–water partition coefficient (Wildman–Crippen LogP) is 3.08. The molecule has 0 N–H and O–H groups in total. The van der Waals surface area contributed by atoms with Gasteiger partial charge in [-0.25, -0.2) is 9.97 Å². The van der Waals surface area contributed by atoms with Gasteiger partial charge in [0.15, 0.2) is 11.0 Å². The molecular weight excluding hydrogens is 254 g/mol. The molecule has 0 amide bonds. The van der Waals surface area contributed by atoms with E-state index in [4.69, 9.17) is 11.6 Å². The van der Waals surface area contributed by atoms with Crippen LogP contribution in [0.2, 0.25) is 5.15 Å². The normalized spacial score (nSPS) is 20.7. The second-order valence-corrected chi connectivity index (χ2v) is 6.12. The summed E-state index contributed by atoms with van der Waals surface area (Å²) < 4.78 is 0. The molecule has 1 unspecified atom stereocenters. The molecule has 0 aliphatic carbocycles. The summed E-state index contributed by atoms with van der Waals surface area (Å²) in [6, 6.07) is 0. The van der Waals surface area contributed by atoms with Crippen LogP contribution in [-0.4, -0.2) is 34.1 Å². The summed E-state index contributed by atoms with van der Waals surface area (Å²) >= 11 is 8.25. The van der Waals surface area contributed by atoms with Crippen LogP contribution in [0.5, 0.6) is 0 Å². The van der Waals surface area contributed by atoms with Crippen molar-refractivity contribution in [1.29, 1.82) is 0 Å². The van der Waals surface area contributed by atoms with Crippen LogP contribution in [0.3, 0.4) is 0 Å². The average Bonchev–Trinajstić information content (AvgIpc) is 2.34. The first-order valence-electron chi connectivity index (χ1n) is 5.99. The molecule has 0 saturated carbocycles. The Balaban J connectivity index is 2.24. The fraction of sp³-hybridized carbons (Fsp3) is 0.667. The summed E-state index contributed by atoms with van der Waals surface area (Å²) in [5.74, 6) is 2.00. The highest BCUT2D eigenvalue weighted by Crippen LogP contribution is 2.28. The van der Waals surface area contributed by atoms with Gasteiger partial charge in [0.2, 0.25) is 0 Å². The van der Waals surface area contributed by atoms with E-state index >= 15 is 0 Å². The van der Waals surface area contributed by atoms with E-state index in [1.54, 1.807) is 0 Å². The summed E-state index contributed by atoms with van der Waals surface area (Å²) in [7, 11) is 0. The van der Waals surface area contributed by atoms with Crippen LogP contribution < -0.4 is 4.90 Å². The number of aryl methyl sites for hydroxylation is 2. The number of hydrogen-bond donors (Lipinski definition) is 0. The highest BCUT2D eigenvalue weighted by atomic mass is 35.5. The van der Waals surface area contributed by atoms with Crippen LogP contribution in [0.1, 0.15) is 24.7 Å². The van der Waals surface area contributed by atoms with Crippen molar-refractivity contribution in [2.75, 3.05) is 23.7 Å². The van der Waals surface area contributed by atoms with Gasteiger partial charge in [-0.15, -0.1) is 0 Å². The number of halogens is 1. The zero-order valence-corrected chi connectivity index (χ0v) is 12.1. The first kappa shape index (κ1) is 13.0. The Hall–Kier alpha value is -0.480. The van der Waals surface area contributed by atoms with Gasteiger partial charge < -0.3 is 4.90 Å². The number of nitrogens with zero attached hydrogens (tertiary/aromatic N) is 3. The molecule has 1 saturated heterocycles. The van der Waals surface area contributed by atoms with Gasteiger partial charge in [0.05, 0.1) is 11.4 Å². The Morgan fingerprint density at radius 1 is 1.35 bits per heavy atom. The summed E-state index contributed by atoms with van der Waals surface area (Å²) in [6.45, 7) is 8.20. The van der Waals surface area contributed by atoms with Gasteiger partial charge in [0.1, 0.15) is 0 Å². The fourth-order valence-electron chi connectivity index (χ4n) is 1.92. The zero-order chi connectivity index (χ0) is 12.4. The maximum absolute atomic E-state index is 6.20. The van der Waals surface area contributed by atoms with Crippen LogP contribution in [0.25, 0.3) is 0 Å². The van der Waals surface area contributed by atoms with Gasteiger partial charge in [0, 0.05) is 24.1 Å².